The van der Waals surface area contributed by atoms with E-state index < -0.39 is 0 Å². The maximum atomic E-state index is 12.4. The van der Waals surface area contributed by atoms with E-state index in [0.717, 1.165) is 24.9 Å². The van der Waals surface area contributed by atoms with E-state index in [0.29, 0.717) is 19.6 Å². The zero-order valence-corrected chi connectivity index (χ0v) is 13.4. The number of nitrogens with one attached hydrogen (secondary N) is 2. The van der Waals surface area contributed by atoms with Crippen LogP contribution in [0.5, 0.6) is 0 Å². The summed E-state index contributed by atoms with van der Waals surface area (Å²) < 4.78 is 0. The summed E-state index contributed by atoms with van der Waals surface area (Å²) in [6.45, 7) is 5.82. The Bertz CT molecular complexity index is 530. The lowest BCUT2D eigenvalue weighted by Gasteiger charge is -2.32. The Morgan fingerprint density at radius 3 is 2.86 bits per heavy atom. The average molecular weight is 303 g/mol. The Hall–Kier alpha value is -2.04. The molecule has 1 fully saturated rings. The van der Waals surface area contributed by atoms with E-state index in [9.17, 15) is 9.59 Å². The van der Waals surface area contributed by atoms with Gasteiger partial charge in [-0.3, -0.25) is 4.79 Å². The van der Waals surface area contributed by atoms with E-state index in [4.69, 9.17) is 0 Å². The highest BCUT2D eigenvalue weighted by molar-refractivity contribution is 5.90. The van der Waals surface area contributed by atoms with Crippen LogP contribution in [0.15, 0.2) is 24.3 Å². The molecule has 1 saturated heterocycles. The number of likely N-dealkylation sites (tertiary alicyclic amines) is 1. The topological polar surface area (TPSA) is 61.4 Å². The fourth-order valence-electron chi connectivity index (χ4n) is 2.77. The van der Waals surface area contributed by atoms with Crippen LogP contribution in [0.25, 0.3) is 0 Å². The van der Waals surface area contributed by atoms with Gasteiger partial charge in [0.1, 0.15) is 0 Å². The second-order valence-electron chi connectivity index (χ2n) is 5.66. The first kappa shape index (κ1) is 16.3. The summed E-state index contributed by atoms with van der Waals surface area (Å²) >= 11 is 0. The molecule has 2 rings (SSSR count). The van der Waals surface area contributed by atoms with Crippen LogP contribution in [-0.4, -0.2) is 36.5 Å². The number of carbonyl (C=O) groups is 2. The molecule has 0 bridgehead atoms. The number of amides is 3. The molecule has 120 valence electrons. The van der Waals surface area contributed by atoms with Gasteiger partial charge in [-0.25, -0.2) is 4.79 Å². The molecular weight excluding hydrogens is 278 g/mol. The van der Waals surface area contributed by atoms with Gasteiger partial charge in [-0.15, -0.1) is 0 Å². The number of aryl methyl sites for hydroxylation is 1. The van der Waals surface area contributed by atoms with Crippen LogP contribution < -0.4 is 10.6 Å². The molecule has 5 nitrogen and oxygen atoms in total. The minimum Gasteiger partial charge on any atom is -0.356 e. The molecule has 0 aromatic heterocycles. The summed E-state index contributed by atoms with van der Waals surface area (Å²) in [5.74, 6) is -0.0468. The van der Waals surface area contributed by atoms with Crippen molar-refractivity contribution in [3.05, 3.63) is 29.8 Å². The molecule has 1 aromatic carbocycles. The van der Waals surface area contributed by atoms with E-state index in [1.807, 2.05) is 31.2 Å². The average Bonchev–Trinajstić information content (AvgIpc) is 2.55. The second-order valence-corrected chi connectivity index (χ2v) is 5.66. The number of benzene rings is 1. The van der Waals surface area contributed by atoms with Crippen molar-refractivity contribution < 1.29 is 9.59 Å². The van der Waals surface area contributed by atoms with E-state index in [1.165, 1.54) is 5.56 Å². The number of anilines is 1. The van der Waals surface area contributed by atoms with Gasteiger partial charge in [-0.1, -0.05) is 19.1 Å². The van der Waals surface area contributed by atoms with Crippen LogP contribution in [0, 0.1) is 5.92 Å². The van der Waals surface area contributed by atoms with E-state index in [2.05, 4.69) is 17.6 Å². The van der Waals surface area contributed by atoms with Gasteiger partial charge in [0.15, 0.2) is 0 Å². The molecule has 5 heteroatoms. The summed E-state index contributed by atoms with van der Waals surface area (Å²) in [6.07, 6.45) is 2.65. The van der Waals surface area contributed by atoms with Crippen molar-refractivity contribution >= 4 is 17.6 Å². The predicted molar refractivity (Wildman–Crippen MR) is 87.8 cm³/mol. The minimum absolute atomic E-state index is 0.0491. The highest BCUT2D eigenvalue weighted by atomic mass is 16.2. The molecule has 22 heavy (non-hydrogen) atoms. The van der Waals surface area contributed by atoms with Crippen molar-refractivity contribution in [1.29, 1.82) is 0 Å². The predicted octanol–water partition coefficient (Wildman–Crippen LogP) is 2.63. The molecule has 0 aliphatic carbocycles. The quantitative estimate of drug-likeness (QED) is 0.898. The Morgan fingerprint density at radius 2 is 2.14 bits per heavy atom. The van der Waals surface area contributed by atoms with E-state index in [-0.39, 0.29) is 17.9 Å². The highest BCUT2D eigenvalue weighted by Gasteiger charge is 2.28. The number of carbonyl (C=O) groups excluding carboxylic acids is 2. The normalized spacial score (nSPS) is 17.9. The molecule has 1 aliphatic rings. The fourth-order valence-corrected chi connectivity index (χ4v) is 2.77. The van der Waals surface area contributed by atoms with Crippen LogP contribution in [0.4, 0.5) is 10.5 Å². The molecule has 1 aliphatic heterocycles. The van der Waals surface area contributed by atoms with Gasteiger partial charge in [-0.05, 0) is 43.9 Å². The molecule has 3 amide bonds. The molecule has 0 radical (unpaired) electrons. The summed E-state index contributed by atoms with van der Waals surface area (Å²) in [5.41, 5.74) is 2.00. The van der Waals surface area contributed by atoms with Gasteiger partial charge in [0.25, 0.3) is 0 Å². The molecule has 2 N–H and O–H groups in total. The number of urea groups is 1. The number of nitrogens with zero attached hydrogens (tertiary/aromatic N) is 1. The maximum absolute atomic E-state index is 12.4. The van der Waals surface area contributed by atoms with Crippen LogP contribution in [0.3, 0.4) is 0 Å². The van der Waals surface area contributed by atoms with Crippen molar-refractivity contribution in [2.24, 2.45) is 5.92 Å². The first-order chi connectivity index (χ1) is 10.6. The maximum Gasteiger partial charge on any atom is 0.321 e. The van der Waals surface area contributed by atoms with E-state index in [1.54, 1.807) is 4.90 Å². The van der Waals surface area contributed by atoms with Crippen LogP contribution in [0.2, 0.25) is 0 Å². The van der Waals surface area contributed by atoms with Crippen LogP contribution in [0.1, 0.15) is 32.3 Å². The standard InChI is InChI=1S/C17H25N3O2/c1-3-13-7-5-9-15(11-13)19-17(22)20-10-6-8-14(12-20)16(21)18-4-2/h5,7,9,11,14H,3-4,6,8,10,12H2,1-2H3,(H,18,21)(H,19,22)/t14-/m1/s1. The van der Waals surface area contributed by atoms with E-state index >= 15 is 0 Å². The zero-order valence-electron chi connectivity index (χ0n) is 13.4. The molecule has 1 heterocycles. The van der Waals surface area contributed by atoms with Crippen molar-refractivity contribution in [2.45, 2.75) is 33.1 Å². The summed E-state index contributed by atoms with van der Waals surface area (Å²) in [4.78, 5) is 26.1. The van der Waals surface area contributed by atoms with Crippen molar-refractivity contribution in [3.63, 3.8) is 0 Å². The lowest BCUT2D eigenvalue weighted by Crippen LogP contribution is -2.46. The van der Waals surface area contributed by atoms with Crippen molar-refractivity contribution in [3.8, 4) is 0 Å². The highest BCUT2D eigenvalue weighted by Crippen LogP contribution is 2.18. The minimum atomic E-state index is -0.123. The first-order valence-electron chi connectivity index (χ1n) is 8.06. The Labute approximate surface area is 132 Å². The monoisotopic (exact) mass is 303 g/mol. The summed E-state index contributed by atoms with van der Waals surface area (Å²) in [7, 11) is 0. The van der Waals surface area contributed by atoms with Crippen molar-refractivity contribution in [2.75, 3.05) is 25.0 Å². The third kappa shape index (κ3) is 4.23. The van der Waals surface area contributed by atoms with Gasteiger partial charge < -0.3 is 15.5 Å². The number of rotatable bonds is 4. The smallest absolute Gasteiger partial charge is 0.321 e. The molecule has 0 unspecified atom stereocenters. The SMILES string of the molecule is CCNC(=O)[C@@H]1CCCN(C(=O)Nc2cccc(CC)c2)C1. The van der Waals surface area contributed by atoms with Crippen LogP contribution in [-0.2, 0) is 11.2 Å². The summed E-state index contributed by atoms with van der Waals surface area (Å²) in [6, 6.07) is 7.75. The van der Waals surface area contributed by atoms with Gasteiger partial charge in [0, 0.05) is 25.3 Å². The third-order valence-corrected chi connectivity index (χ3v) is 4.02. The van der Waals surface area contributed by atoms with Crippen LogP contribution >= 0.6 is 0 Å². The molecule has 1 atom stereocenters. The molecular formula is C17H25N3O2. The number of hydrogen-bond donors (Lipinski definition) is 2. The van der Waals surface area contributed by atoms with Gasteiger partial charge in [0.2, 0.25) is 5.91 Å². The van der Waals surface area contributed by atoms with Gasteiger partial charge >= 0.3 is 6.03 Å². The number of hydrogen-bond acceptors (Lipinski definition) is 2. The largest absolute Gasteiger partial charge is 0.356 e. The Morgan fingerprint density at radius 1 is 1.32 bits per heavy atom. The zero-order chi connectivity index (χ0) is 15.9. The lowest BCUT2D eigenvalue weighted by molar-refractivity contribution is -0.126. The summed E-state index contributed by atoms with van der Waals surface area (Å²) in [5, 5.41) is 5.78. The van der Waals surface area contributed by atoms with Crippen molar-refractivity contribution in [1.82, 2.24) is 10.2 Å². The Kier molecular flexibility index (Phi) is 5.81. The first-order valence-corrected chi connectivity index (χ1v) is 8.06. The lowest BCUT2D eigenvalue weighted by atomic mass is 9.97. The number of piperidine rings is 1. The second kappa shape index (κ2) is 7.82. The van der Waals surface area contributed by atoms with Gasteiger partial charge in [0.05, 0.1) is 5.92 Å². The third-order valence-electron chi connectivity index (χ3n) is 4.02. The van der Waals surface area contributed by atoms with Gasteiger partial charge in [-0.2, -0.15) is 0 Å². The molecule has 0 spiro atoms. The fraction of sp³-hybridized carbons (Fsp3) is 0.529. The molecule has 0 saturated carbocycles. The molecule has 1 aromatic rings. The Balaban J connectivity index is 1.95.